The Hall–Kier alpha value is -1.91. The zero-order valence-corrected chi connectivity index (χ0v) is 18.7. The summed E-state index contributed by atoms with van der Waals surface area (Å²) in [6.07, 6.45) is 1.71. The summed E-state index contributed by atoms with van der Waals surface area (Å²) in [5, 5.41) is 2.60. The van der Waals surface area contributed by atoms with Crippen LogP contribution in [0.25, 0.3) is 0 Å². The number of thiophene rings is 1. The first-order chi connectivity index (χ1) is 13.2. The van der Waals surface area contributed by atoms with Crippen molar-refractivity contribution in [3.63, 3.8) is 0 Å². The standard InChI is InChI=1S/C18H21BrN2O5S2/c1-21(17(22)12-20-18(23)15-7-8-16(19)27-15)9-4-10-26-13-5-3-6-14(11-13)28(2,24)25/h3,5-8,11H,4,9-10,12H2,1-2H3,(H,20,23). The predicted molar refractivity (Wildman–Crippen MR) is 112 cm³/mol. The van der Waals surface area contributed by atoms with Crippen molar-refractivity contribution in [3.05, 3.63) is 45.1 Å². The van der Waals surface area contributed by atoms with Gasteiger partial charge in [0.2, 0.25) is 5.91 Å². The number of carbonyl (C=O) groups excluding carboxylic acids is 2. The molecule has 0 aliphatic heterocycles. The molecule has 1 aromatic heterocycles. The zero-order chi connectivity index (χ0) is 20.7. The van der Waals surface area contributed by atoms with Crippen molar-refractivity contribution < 1.29 is 22.7 Å². The molecule has 1 N–H and O–H groups in total. The maximum Gasteiger partial charge on any atom is 0.261 e. The third-order valence-corrected chi connectivity index (χ3v) is 6.50. The van der Waals surface area contributed by atoms with E-state index in [4.69, 9.17) is 4.74 Å². The second-order valence-electron chi connectivity index (χ2n) is 6.05. The number of carbonyl (C=O) groups is 2. The number of likely N-dealkylation sites (N-methyl/N-ethyl adjacent to an activating group) is 1. The van der Waals surface area contributed by atoms with Crippen molar-refractivity contribution in [3.8, 4) is 5.75 Å². The quantitative estimate of drug-likeness (QED) is 0.547. The molecule has 0 atom stereocenters. The number of nitrogens with one attached hydrogen (secondary N) is 1. The van der Waals surface area contributed by atoms with E-state index in [0.717, 1.165) is 10.0 Å². The summed E-state index contributed by atoms with van der Waals surface area (Å²) in [6, 6.07) is 9.76. The molecule has 2 amide bonds. The molecular formula is C18H21BrN2O5S2. The second kappa shape index (κ2) is 10.0. The van der Waals surface area contributed by atoms with Gasteiger partial charge in [0.05, 0.1) is 26.7 Å². The summed E-state index contributed by atoms with van der Waals surface area (Å²) in [4.78, 5) is 26.3. The lowest BCUT2D eigenvalue weighted by Gasteiger charge is -2.17. The molecule has 10 heteroatoms. The van der Waals surface area contributed by atoms with Gasteiger partial charge in [-0.05, 0) is 52.7 Å². The number of ether oxygens (including phenoxy) is 1. The molecule has 0 radical (unpaired) electrons. The van der Waals surface area contributed by atoms with Gasteiger partial charge in [-0.3, -0.25) is 9.59 Å². The first-order valence-electron chi connectivity index (χ1n) is 8.37. The molecule has 2 aromatic rings. The molecule has 28 heavy (non-hydrogen) atoms. The average Bonchev–Trinajstić information content (AvgIpc) is 3.09. The molecule has 0 spiro atoms. The van der Waals surface area contributed by atoms with E-state index in [9.17, 15) is 18.0 Å². The van der Waals surface area contributed by atoms with Gasteiger partial charge in [0, 0.05) is 19.8 Å². The van der Waals surface area contributed by atoms with E-state index in [1.54, 1.807) is 31.3 Å². The van der Waals surface area contributed by atoms with Gasteiger partial charge in [-0.25, -0.2) is 8.42 Å². The highest BCUT2D eigenvalue weighted by Gasteiger charge is 2.13. The van der Waals surface area contributed by atoms with Crippen LogP contribution >= 0.6 is 27.3 Å². The lowest BCUT2D eigenvalue weighted by molar-refractivity contribution is -0.128. The molecule has 2 rings (SSSR count). The van der Waals surface area contributed by atoms with Crippen LogP contribution < -0.4 is 10.1 Å². The van der Waals surface area contributed by atoms with Gasteiger partial charge in [-0.1, -0.05) is 6.07 Å². The largest absolute Gasteiger partial charge is 0.493 e. The number of rotatable bonds is 9. The van der Waals surface area contributed by atoms with Crippen molar-refractivity contribution in [2.45, 2.75) is 11.3 Å². The molecule has 1 heterocycles. The van der Waals surface area contributed by atoms with Crippen LogP contribution in [-0.4, -0.2) is 58.1 Å². The van der Waals surface area contributed by atoms with Gasteiger partial charge in [0.25, 0.3) is 5.91 Å². The van der Waals surface area contributed by atoms with Crippen LogP contribution in [-0.2, 0) is 14.6 Å². The fraction of sp³-hybridized carbons (Fsp3) is 0.333. The molecule has 0 unspecified atom stereocenters. The summed E-state index contributed by atoms with van der Waals surface area (Å²) >= 11 is 4.59. The Morgan fingerprint density at radius 2 is 2.00 bits per heavy atom. The molecule has 7 nitrogen and oxygen atoms in total. The minimum absolute atomic E-state index is 0.0812. The Morgan fingerprint density at radius 1 is 1.25 bits per heavy atom. The van der Waals surface area contributed by atoms with Gasteiger partial charge in [0.1, 0.15) is 5.75 Å². The average molecular weight is 489 g/mol. The number of nitrogens with zero attached hydrogens (tertiary/aromatic N) is 1. The molecule has 0 aliphatic carbocycles. The molecule has 0 saturated heterocycles. The number of benzene rings is 1. The third-order valence-electron chi connectivity index (χ3n) is 3.76. The number of halogens is 1. The smallest absolute Gasteiger partial charge is 0.261 e. The van der Waals surface area contributed by atoms with Gasteiger partial charge >= 0.3 is 0 Å². The monoisotopic (exact) mass is 488 g/mol. The van der Waals surface area contributed by atoms with E-state index in [1.165, 1.54) is 28.4 Å². The number of amides is 2. The van der Waals surface area contributed by atoms with Crippen molar-refractivity contribution >= 4 is 48.9 Å². The van der Waals surface area contributed by atoms with Crippen LogP contribution in [0.1, 0.15) is 16.1 Å². The summed E-state index contributed by atoms with van der Waals surface area (Å²) in [7, 11) is -1.63. The van der Waals surface area contributed by atoms with Gasteiger partial charge in [0.15, 0.2) is 9.84 Å². The summed E-state index contributed by atoms with van der Waals surface area (Å²) in [5.41, 5.74) is 0. The van der Waals surface area contributed by atoms with Crippen molar-refractivity contribution in [1.82, 2.24) is 10.2 Å². The van der Waals surface area contributed by atoms with Crippen molar-refractivity contribution in [1.29, 1.82) is 0 Å². The molecule has 0 fully saturated rings. The van der Waals surface area contributed by atoms with Gasteiger partial charge < -0.3 is 15.0 Å². The van der Waals surface area contributed by atoms with Crippen LogP contribution in [0, 0.1) is 0 Å². The highest BCUT2D eigenvalue weighted by atomic mass is 79.9. The van der Waals surface area contributed by atoms with Gasteiger partial charge in [-0.15, -0.1) is 11.3 Å². The van der Waals surface area contributed by atoms with Crippen LogP contribution in [0.15, 0.2) is 45.1 Å². The second-order valence-corrected chi connectivity index (χ2v) is 10.5. The maximum absolute atomic E-state index is 12.1. The van der Waals surface area contributed by atoms with E-state index in [-0.39, 0.29) is 23.3 Å². The zero-order valence-electron chi connectivity index (χ0n) is 15.5. The van der Waals surface area contributed by atoms with E-state index >= 15 is 0 Å². The Labute approximate surface area is 176 Å². The predicted octanol–water partition coefficient (Wildman–Crippen LogP) is 2.57. The van der Waals surface area contributed by atoms with E-state index in [1.807, 2.05) is 0 Å². The molecule has 0 aliphatic rings. The summed E-state index contributed by atoms with van der Waals surface area (Å²) in [5.74, 6) is -0.0270. The lowest BCUT2D eigenvalue weighted by atomic mass is 10.3. The van der Waals surface area contributed by atoms with Crippen LogP contribution in [0.5, 0.6) is 5.75 Å². The fourth-order valence-electron chi connectivity index (χ4n) is 2.23. The van der Waals surface area contributed by atoms with Crippen LogP contribution in [0.2, 0.25) is 0 Å². The highest BCUT2D eigenvalue weighted by molar-refractivity contribution is 9.11. The Morgan fingerprint density at radius 3 is 2.64 bits per heavy atom. The highest BCUT2D eigenvalue weighted by Crippen LogP contribution is 2.21. The summed E-state index contributed by atoms with van der Waals surface area (Å²) in [6.45, 7) is 0.702. The fourth-order valence-corrected chi connectivity index (χ4v) is 4.18. The SMILES string of the molecule is CN(CCCOc1cccc(S(C)(=O)=O)c1)C(=O)CNC(=O)c1ccc(Br)s1. The number of sulfone groups is 1. The minimum Gasteiger partial charge on any atom is -0.493 e. The van der Waals surface area contributed by atoms with Gasteiger partial charge in [-0.2, -0.15) is 0 Å². The van der Waals surface area contributed by atoms with Crippen molar-refractivity contribution in [2.75, 3.05) is 33.0 Å². The topological polar surface area (TPSA) is 92.8 Å². The van der Waals surface area contributed by atoms with E-state index in [0.29, 0.717) is 30.2 Å². The van der Waals surface area contributed by atoms with Crippen molar-refractivity contribution in [2.24, 2.45) is 0 Å². The van der Waals surface area contributed by atoms with Crippen LogP contribution in [0.3, 0.4) is 0 Å². The Bertz CT molecular complexity index is 943. The molecule has 0 saturated carbocycles. The first kappa shape index (κ1) is 22.4. The minimum atomic E-state index is -3.28. The molecule has 0 bridgehead atoms. The summed E-state index contributed by atoms with van der Waals surface area (Å²) < 4.78 is 29.5. The van der Waals surface area contributed by atoms with E-state index in [2.05, 4.69) is 21.2 Å². The normalized spacial score (nSPS) is 11.1. The van der Waals surface area contributed by atoms with E-state index < -0.39 is 9.84 Å². The first-order valence-corrected chi connectivity index (χ1v) is 11.9. The molecule has 1 aromatic carbocycles. The lowest BCUT2D eigenvalue weighted by Crippen LogP contribution is -2.38. The molecule has 152 valence electrons. The van der Waals surface area contributed by atoms with Crippen LogP contribution in [0.4, 0.5) is 0 Å². The Kier molecular flexibility index (Phi) is 8.02. The maximum atomic E-state index is 12.1. The molecular weight excluding hydrogens is 468 g/mol. The Balaban J connectivity index is 1.71. The number of hydrogen-bond donors (Lipinski definition) is 1. The number of hydrogen-bond acceptors (Lipinski definition) is 6. The third kappa shape index (κ3) is 6.92.